The molecule has 0 aliphatic carbocycles. The summed E-state index contributed by atoms with van der Waals surface area (Å²) in [6.07, 6.45) is 0.175. The van der Waals surface area contributed by atoms with E-state index >= 15 is 0 Å². The first-order valence-electron chi connectivity index (χ1n) is 7.46. The summed E-state index contributed by atoms with van der Waals surface area (Å²) in [6.45, 7) is 3.64. The van der Waals surface area contributed by atoms with E-state index in [0.717, 1.165) is 5.56 Å². The lowest BCUT2D eigenvalue weighted by Gasteiger charge is -2.21. The Labute approximate surface area is 151 Å². The van der Waals surface area contributed by atoms with Gasteiger partial charge in [-0.2, -0.15) is 0 Å². The van der Waals surface area contributed by atoms with Gasteiger partial charge in [0, 0.05) is 41.3 Å². The molecule has 0 spiro atoms. The zero-order valence-electron chi connectivity index (χ0n) is 13.5. The van der Waals surface area contributed by atoms with E-state index in [-0.39, 0.29) is 24.8 Å². The molecule has 24 heavy (non-hydrogen) atoms. The Morgan fingerprint density at radius 2 is 1.67 bits per heavy atom. The Kier molecular flexibility index (Phi) is 6.23. The highest BCUT2D eigenvalue weighted by Crippen LogP contribution is 2.21. The van der Waals surface area contributed by atoms with Crippen molar-refractivity contribution in [3.05, 3.63) is 58.1 Å². The predicted octanol–water partition coefficient (Wildman–Crippen LogP) is 4.68. The first kappa shape index (κ1) is 18.3. The molecule has 2 amide bonds. The molecule has 0 aliphatic heterocycles. The van der Waals surface area contributed by atoms with Crippen molar-refractivity contribution < 1.29 is 9.59 Å². The molecule has 4 nitrogen and oxygen atoms in total. The van der Waals surface area contributed by atoms with Crippen molar-refractivity contribution >= 4 is 46.4 Å². The minimum Gasteiger partial charge on any atom is -0.326 e. The van der Waals surface area contributed by atoms with Gasteiger partial charge in [0.1, 0.15) is 0 Å². The SMILES string of the molecule is CC(=O)N(CCC(=O)Nc1cc(Cl)ccc1C)c1ccc(Cl)cc1. The molecule has 126 valence electrons. The van der Waals surface area contributed by atoms with Crippen LogP contribution < -0.4 is 10.2 Å². The Balaban J connectivity index is 2.01. The van der Waals surface area contributed by atoms with Crippen LogP contribution >= 0.6 is 23.2 Å². The topological polar surface area (TPSA) is 49.4 Å². The fraction of sp³-hybridized carbons (Fsp3) is 0.222. The van der Waals surface area contributed by atoms with E-state index in [1.165, 1.54) is 6.92 Å². The molecule has 0 fully saturated rings. The van der Waals surface area contributed by atoms with Crippen LogP contribution in [0.15, 0.2) is 42.5 Å². The van der Waals surface area contributed by atoms with Crippen molar-refractivity contribution in [3.8, 4) is 0 Å². The summed E-state index contributed by atoms with van der Waals surface area (Å²) >= 11 is 11.8. The number of hydrogen-bond donors (Lipinski definition) is 1. The van der Waals surface area contributed by atoms with Crippen molar-refractivity contribution in [2.45, 2.75) is 20.3 Å². The highest BCUT2D eigenvalue weighted by atomic mass is 35.5. The fourth-order valence-electron chi connectivity index (χ4n) is 2.24. The van der Waals surface area contributed by atoms with Gasteiger partial charge in [-0.15, -0.1) is 0 Å². The van der Waals surface area contributed by atoms with Crippen LogP contribution in [0.1, 0.15) is 18.9 Å². The molecule has 0 saturated heterocycles. The number of rotatable bonds is 5. The monoisotopic (exact) mass is 364 g/mol. The molecule has 0 heterocycles. The summed E-state index contributed by atoms with van der Waals surface area (Å²) in [5.74, 6) is -0.315. The van der Waals surface area contributed by atoms with E-state index in [1.54, 1.807) is 41.3 Å². The van der Waals surface area contributed by atoms with Crippen molar-refractivity contribution in [3.63, 3.8) is 0 Å². The molecule has 0 aliphatic rings. The highest BCUT2D eigenvalue weighted by Gasteiger charge is 2.14. The third-order valence-corrected chi connectivity index (χ3v) is 4.04. The Hall–Kier alpha value is -2.04. The van der Waals surface area contributed by atoms with Crippen molar-refractivity contribution in [1.82, 2.24) is 0 Å². The van der Waals surface area contributed by atoms with Crippen molar-refractivity contribution in [2.75, 3.05) is 16.8 Å². The second-order valence-electron chi connectivity index (χ2n) is 5.40. The zero-order chi connectivity index (χ0) is 17.7. The third-order valence-electron chi connectivity index (χ3n) is 3.55. The molecule has 2 rings (SSSR count). The van der Waals surface area contributed by atoms with E-state index in [4.69, 9.17) is 23.2 Å². The number of carbonyl (C=O) groups is 2. The average molecular weight is 365 g/mol. The van der Waals surface area contributed by atoms with E-state index in [1.807, 2.05) is 13.0 Å². The van der Waals surface area contributed by atoms with Crippen LogP contribution in [0.4, 0.5) is 11.4 Å². The molecule has 2 aromatic rings. The van der Waals surface area contributed by atoms with Crippen LogP contribution in [0.3, 0.4) is 0 Å². The van der Waals surface area contributed by atoms with Crippen LogP contribution in [0, 0.1) is 6.92 Å². The molecule has 0 aromatic heterocycles. The standard InChI is InChI=1S/C18H18Cl2N2O2/c1-12-3-4-15(20)11-17(12)21-18(24)9-10-22(13(2)23)16-7-5-14(19)6-8-16/h3-8,11H,9-10H2,1-2H3,(H,21,24). The Morgan fingerprint density at radius 1 is 1.04 bits per heavy atom. The molecular weight excluding hydrogens is 347 g/mol. The number of nitrogens with zero attached hydrogens (tertiary/aromatic N) is 1. The maximum absolute atomic E-state index is 12.2. The Morgan fingerprint density at radius 3 is 2.29 bits per heavy atom. The number of anilines is 2. The van der Waals surface area contributed by atoms with Crippen LogP contribution in [0.25, 0.3) is 0 Å². The number of halogens is 2. The van der Waals surface area contributed by atoms with Crippen LogP contribution in [-0.2, 0) is 9.59 Å². The van der Waals surface area contributed by atoms with E-state index in [9.17, 15) is 9.59 Å². The van der Waals surface area contributed by atoms with Crippen LogP contribution in [-0.4, -0.2) is 18.4 Å². The van der Waals surface area contributed by atoms with Gasteiger partial charge in [0.2, 0.25) is 11.8 Å². The summed E-state index contributed by atoms with van der Waals surface area (Å²) in [7, 11) is 0. The lowest BCUT2D eigenvalue weighted by molar-refractivity contribution is -0.117. The van der Waals surface area contributed by atoms with E-state index in [0.29, 0.717) is 21.4 Å². The van der Waals surface area contributed by atoms with Gasteiger partial charge in [-0.1, -0.05) is 29.3 Å². The predicted molar refractivity (Wildman–Crippen MR) is 98.9 cm³/mol. The van der Waals surface area contributed by atoms with E-state index in [2.05, 4.69) is 5.32 Å². The van der Waals surface area contributed by atoms with Crippen LogP contribution in [0.5, 0.6) is 0 Å². The number of aryl methyl sites for hydroxylation is 1. The maximum Gasteiger partial charge on any atom is 0.226 e. The summed E-state index contributed by atoms with van der Waals surface area (Å²) in [4.78, 5) is 25.6. The fourth-order valence-corrected chi connectivity index (χ4v) is 2.54. The lowest BCUT2D eigenvalue weighted by atomic mass is 10.2. The van der Waals surface area contributed by atoms with Gasteiger partial charge in [-0.3, -0.25) is 9.59 Å². The molecule has 0 saturated carbocycles. The van der Waals surface area contributed by atoms with Crippen molar-refractivity contribution in [1.29, 1.82) is 0 Å². The summed E-state index contributed by atoms with van der Waals surface area (Å²) in [5, 5.41) is 3.98. The van der Waals surface area contributed by atoms with Gasteiger partial charge in [0.15, 0.2) is 0 Å². The molecule has 0 atom stereocenters. The first-order valence-corrected chi connectivity index (χ1v) is 8.22. The van der Waals surface area contributed by atoms with Gasteiger partial charge in [0.05, 0.1) is 0 Å². The first-order chi connectivity index (χ1) is 11.4. The largest absolute Gasteiger partial charge is 0.326 e. The number of amides is 2. The summed E-state index contributed by atoms with van der Waals surface area (Å²) < 4.78 is 0. The molecule has 0 unspecified atom stereocenters. The number of nitrogens with one attached hydrogen (secondary N) is 1. The second kappa shape index (κ2) is 8.18. The third kappa shape index (κ3) is 4.98. The summed E-state index contributed by atoms with van der Waals surface area (Å²) in [5.41, 5.74) is 2.31. The molecular formula is C18H18Cl2N2O2. The maximum atomic E-state index is 12.2. The average Bonchev–Trinajstić information content (AvgIpc) is 2.52. The summed E-state index contributed by atoms with van der Waals surface area (Å²) in [6, 6.07) is 12.2. The van der Waals surface area contributed by atoms with Crippen LogP contribution in [0.2, 0.25) is 10.0 Å². The minimum absolute atomic E-state index is 0.135. The smallest absolute Gasteiger partial charge is 0.226 e. The zero-order valence-corrected chi connectivity index (χ0v) is 15.0. The minimum atomic E-state index is -0.180. The molecule has 1 N–H and O–H groups in total. The van der Waals surface area contributed by atoms with Gasteiger partial charge >= 0.3 is 0 Å². The number of hydrogen-bond acceptors (Lipinski definition) is 2. The van der Waals surface area contributed by atoms with Gasteiger partial charge < -0.3 is 10.2 Å². The van der Waals surface area contributed by atoms with Gasteiger partial charge in [-0.05, 0) is 48.9 Å². The Bertz CT molecular complexity index is 745. The molecule has 2 aromatic carbocycles. The van der Waals surface area contributed by atoms with E-state index < -0.39 is 0 Å². The molecule has 6 heteroatoms. The van der Waals surface area contributed by atoms with Gasteiger partial charge in [0.25, 0.3) is 0 Å². The molecule has 0 bridgehead atoms. The van der Waals surface area contributed by atoms with Crippen molar-refractivity contribution in [2.24, 2.45) is 0 Å². The second-order valence-corrected chi connectivity index (χ2v) is 6.28. The number of carbonyl (C=O) groups excluding carboxylic acids is 2. The lowest BCUT2D eigenvalue weighted by Crippen LogP contribution is -2.31. The normalized spacial score (nSPS) is 10.3. The number of benzene rings is 2. The van der Waals surface area contributed by atoms with Gasteiger partial charge in [-0.25, -0.2) is 0 Å². The highest BCUT2D eigenvalue weighted by molar-refractivity contribution is 6.31. The quantitative estimate of drug-likeness (QED) is 0.836. The molecule has 0 radical (unpaired) electrons.